The second-order valence-electron chi connectivity index (χ2n) is 13.4. The minimum atomic E-state index is -4.66. The molecule has 5 nitrogen and oxygen atoms in total. The number of esters is 1. The summed E-state index contributed by atoms with van der Waals surface area (Å²) < 4.78 is 87.0. The Labute approximate surface area is 267 Å². The maximum Gasteiger partial charge on any atom is 0.417 e. The van der Waals surface area contributed by atoms with Crippen molar-refractivity contribution >= 4 is 16.9 Å². The Morgan fingerprint density at radius 3 is 2.11 bits per heavy atom. The number of hydrogen-bond acceptors (Lipinski definition) is 5. The van der Waals surface area contributed by atoms with Crippen molar-refractivity contribution < 1.29 is 40.6 Å². The molecule has 0 radical (unpaired) electrons. The number of benzene rings is 2. The molecule has 0 spiro atoms. The quantitative estimate of drug-likeness (QED) is 0.0708. The molecule has 0 atom stereocenters. The molecule has 2 aromatic carbocycles. The van der Waals surface area contributed by atoms with E-state index in [0.717, 1.165) is 25.3 Å². The molecule has 3 aromatic rings. The minimum absolute atomic E-state index is 0.0269. The van der Waals surface area contributed by atoms with E-state index in [1.807, 2.05) is 27.7 Å². The summed E-state index contributed by atoms with van der Waals surface area (Å²) in [4.78, 5) is 25.2. The van der Waals surface area contributed by atoms with Crippen LogP contribution >= 0.6 is 0 Å². The van der Waals surface area contributed by atoms with Crippen LogP contribution in [0.25, 0.3) is 22.1 Å². The first-order chi connectivity index (χ1) is 21.4. The Morgan fingerprint density at radius 1 is 0.804 bits per heavy atom. The van der Waals surface area contributed by atoms with E-state index in [9.17, 15) is 31.5 Å². The summed E-state index contributed by atoms with van der Waals surface area (Å²) in [6.07, 6.45) is -2.32. The maximum absolute atomic E-state index is 14.4. The third-order valence-corrected chi connectivity index (χ3v) is 8.72. The van der Waals surface area contributed by atoms with Crippen molar-refractivity contribution in [1.82, 2.24) is 0 Å². The Bertz CT molecular complexity index is 1530. The summed E-state index contributed by atoms with van der Waals surface area (Å²) in [7, 11) is 0. The lowest BCUT2D eigenvalue weighted by molar-refractivity contribution is -0.161. The lowest BCUT2D eigenvalue weighted by Gasteiger charge is -2.36. The number of aryl methyl sites for hydroxylation is 1. The van der Waals surface area contributed by atoms with Gasteiger partial charge in [-0.1, -0.05) is 52.7 Å². The number of ether oxygens (including phenoxy) is 2. The van der Waals surface area contributed by atoms with Crippen molar-refractivity contribution in [2.75, 3.05) is 13.2 Å². The Balaban J connectivity index is 1.59. The molecular formula is C36H45F5O5. The standard InChI is InChI=1S/C36H45F5O5/c1-7-8-9-12-24-13-16-27(29(21-24)36(39,40)41)28-22-25-14-15-26(23-30(25)46-31(28)42)44-19-10-17-35(37,38)18-11-20-45-32(43)34(5,6)33(2,3)4/h13-16,21-23H,7-12,17-20H2,1-6H3. The lowest BCUT2D eigenvalue weighted by atomic mass is 9.69. The summed E-state index contributed by atoms with van der Waals surface area (Å²) in [5.41, 5.74) is -2.72. The van der Waals surface area contributed by atoms with E-state index in [1.165, 1.54) is 18.2 Å². The molecule has 1 aromatic heterocycles. The highest BCUT2D eigenvalue weighted by Crippen LogP contribution is 2.40. The molecule has 0 bridgehead atoms. The molecule has 0 unspecified atom stereocenters. The smallest absolute Gasteiger partial charge is 0.417 e. The van der Waals surface area contributed by atoms with Crippen molar-refractivity contribution in [2.24, 2.45) is 10.8 Å². The predicted molar refractivity (Wildman–Crippen MR) is 169 cm³/mol. The van der Waals surface area contributed by atoms with E-state index < -0.39 is 47.5 Å². The van der Waals surface area contributed by atoms with Gasteiger partial charge in [-0.2, -0.15) is 13.2 Å². The van der Waals surface area contributed by atoms with Gasteiger partial charge in [-0.25, -0.2) is 13.6 Å². The number of unbranched alkanes of at least 4 members (excludes halogenated alkanes) is 2. The van der Waals surface area contributed by atoms with E-state index >= 15 is 0 Å². The fourth-order valence-electron chi connectivity index (χ4n) is 4.79. The Morgan fingerprint density at radius 2 is 1.48 bits per heavy atom. The first kappa shape index (κ1) is 37.0. The highest BCUT2D eigenvalue weighted by molar-refractivity contribution is 5.83. The topological polar surface area (TPSA) is 65.7 Å². The van der Waals surface area contributed by atoms with Crippen LogP contribution in [0.4, 0.5) is 22.0 Å². The van der Waals surface area contributed by atoms with Crippen LogP contribution in [-0.4, -0.2) is 25.1 Å². The molecule has 0 aliphatic rings. The van der Waals surface area contributed by atoms with Crippen molar-refractivity contribution in [3.8, 4) is 16.9 Å². The van der Waals surface area contributed by atoms with Gasteiger partial charge in [-0.3, -0.25) is 4.79 Å². The Hall–Kier alpha value is -3.43. The van der Waals surface area contributed by atoms with Gasteiger partial charge in [-0.05, 0) is 74.8 Å². The van der Waals surface area contributed by atoms with Crippen LogP contribution in [0.5, 0.6) is 5.75 Å². The van der Waals surface area contributed by atoms with Gasteiger partial charge in [0.05, 0.1) is 29.8 Å². The van der Waals surface area contributed by atoms with Gasteiger partial charge < -0.3 is 13.9 Å². The molecule has 1 heterocycles. The maximum atomic E-state index is 14.4. The molecule has 3 rings (SSSR count). The van der Waals surface area contributed by atoms with Crippen LogP contribution in [0.15, 0.2) is 51.7 Å². The fraction of sp³-hybridized carbons (Fsp3) is 0.556. The summed E-state index contributed by atoms with van der Waals surface area (Å²) in [6.45, 7) is 11.2. The molecule has 0 saturated heterocycles. The van der Waals surface area contributed by atoms with E-state index in [2.05, 4.69) is 0 Å². The van der Waals surface area contributed by atoms with Crippen molar-refractivity contribution in [1.29, 1.82) is 0 Å². The summed E-state index contributed by atoms with van der Waals surface area (Å²) in [6, 6.07) is 9.86. The van der Waals surface area contributed by atoms with Gasteiger partial charge in [-0.15, -0.1) is 0 Å². The largest absolute Gasteiger partial charge is 0.493 e. The molecule has 0 saturated carbocycles. The van der Waals surface area contributed by atoms with Gasteiger partial charge in [0, 0.05) is 29.9 Å². The normalized spacial score (nSPS) is 12.8. The van der Waals surface area contributed by atoms with E-state index in [0.29, 0.717) is 17.4 Å². The van der Waals surface area contributed by atoms with E-state index in [-0.39, 0.29) is 53.9 Å². The van der Waals surface area contributed by atoms with Gasteiger partial charge >= 0.3 is 17.8 Å². The molecule has 0 fully saturated rings. The van der Waals surface area contributed by atoms with Crippen molar-refractivity contribution in [2.45, 2.75) is 105 Å². The number of carbonyl (C=O) groups is 1. The third kappa shape index (κ3) is 9.79. The highest BCUT2D eigenvalue weighted by Gasteiger charge is 2.41. The van der Waals surface area contributed by atoms with Crippen LogP contribution in [0, 0.1) is 10.8 Å². The van der Waals surface area contributed by atoms with Crippen LogP contribution in [0.2, 0.25) is 0 Å². The van der Waals surface area contributed by atoms with Gasteiger partial charge in [0.15, 0.2) is 0 Å². The monoisotopic (exact) mass is 652 g/mol. The molecule has 10 heteroatoms. The third-order valence-electron chi connectivity index (χ3n) is 8.72. The second kappa shape index (κ2) is 15.0. The first-order valence-corrected chi connectivity index (χ1v) is 15.8. The van der Waals surface area contributed by atoms with Crippen LogP contribution < -0.4 is 10.4 Å². The van der Waals surface area contributed by atoms with Crippen molar-refractivity contribution in [3.05, 3.63) is 64.0 Å². The predicted octanol–water partition coefficient (Wildman–Crippen LogP) is 10.4. The molecule has 0 N–H and O–H groups in total. The van der Waals surface area contributed by atoms with E-state index in [1.54, 1.807) is 32.0 Å². The zero-order chi connectivity index (χ0) is 34.3. The number of hydrogen-bond donors (Lipinski definition) is 0. The number of alkyl halides is 5. The average Bonchev–Trinajstić information content (AvgIpc) is 2.96. The number of rotatable bonds is 15. The van der Waals surface area contributed by atoms with Crippen LogP contribution in [-0.2, 0) is 22.1 Å². The highest BCUT2D eigenvalue weighted by atomic mass is 19.4. The fourth-order valence-corrected chi connectivity index (χ4v) is 4.79. The van der Waals surface area contributed by atoms with Crippen LogP contribution in [0.3, 0.4) is 0 Å². The number of carbonyl (C=O) groups excluding carboxylic acids is 1. The average molecular weight is 653 g/mol. The van der Waals surface area contributed by atoms with Crippen LogP contribution in [0.1, 0.15) is 97.6 Å². The molecule has 46 heavy (non-hydrogen) atoms. The number of halogens is 5. The SMILES string of the molecule is CCCCCc1ccc(-c2cc3ccc(OCCCC(F)(F)CCCOC(=O)C(C)(C)C(C)(C)C)cc3oc2=O)c(C(F)(F)F)c1. The molecule has 0 amide bonds. The first-order valence-electron chi connectivity index (χ1n) is 15.8. The van der Waals surface area contributed by atoms with Gasteiger partial charge in [0.25, 0.3) is 0 Å². The van der Waals surface area contributed by atoms with E-state index in [4.69, 9.17) is 13.9 Å². The molecule has 254 valence electrons. The summed E-state index contributed by atoms with van der Waals surface area (Å²) >= 11 is 0. The minimum Gasteiger partial charge on any atom is -0.493 e. The zero-order valence-corrected chi connectivity index (χ0v) is 27.5. The van der Waals surface area contributed by atoms with Gasteiger partial charge in [0.1, 0.15) is 11.3 Å². The summed E-state index contributed by atoms with van der Waals surface area (Å²) in [5, 5.41) is 0.389. The molecule has 0 aliphatic carbocycles. The Kier molecular flexibility index (Phi) is 12.1. The molecule has 0 aliphatic heterocycles. The van der Waals surface area contributed by atoms with Crippen molar-refractivity contribution in [3.63, 3.8) is 0 Å². The van der Waals surface area contributed by atoms with Gasteiger partial charge in [0.2, 0.25) is 5.92 Å². The summed E-state index contributed by atoms with van der Waals surface area (Å²) in [5.74, 6) is -3.12. The number of fused-ring (bicyclic) bond motifs is 1. The molecular weight excluding hydrogens is 607 g/mol. The lowest BCUT2D eigenvalue weighted by Crippen LogP contribution is -2.39. The zero-order valence-electron chi connectivity index (χ0n) is 27.5. The second-order valence-corrected chi connectivity index (χ2v) is 13.4.